The topological polar surface area (TPSA) is 36.9 Å². The van der Waals surface area contributed by atoms with Crippen molar-refractivity contribution in [2.45, 2.75) is 110 Å². The van der Waals surface area contributed by atoms with E-state index in [4.69, 9.17) is 18.9 Å². The van der Waals surface area contributed by atoms with Crippen molar-refractivity contribution in [1.82, 2.24) is 0 Å². The second kappa shape index (κ2) is 7.20. The van der Waals surface area contributed by atoms with E-state index in [2.05, 4.69) is 27.7 Å². The van der Waals surface area contributed by atoms with Crippen molar-refractivity contribution in [1.29, 1.82) is 0 Å². The van der Waals surface area contributed by atoms with Crippen LogP contribution in [0.5, 0.6) is 0 Å². The number of ether oxygens (including phenoxy) is 4. The van der Waals surface area contributed by atoms with Crippen molar-refractivity contribution in [3.8, 4) is 0 Å². The van der Waals surface area contributed by atoms with Gasteiger partial charge in [0.2, 0.25) is 0 Å². The Morgan fingerprint density at radius 1 is 0.758 bits per heavy atom. The van der Waals surface area contributed by atoms with Crippen LogP contribution >= 0.6 is 0 Å². The smallest absolute Gasteiger partial charge is 0.171 e. The zero-order chi connectivity index (χ0) is 22.6. The van der Waals surface area contributed by atoms with Gasteiger partial charge in [-0.2, -0.15) is 0 Å². The third kappa shape index (κ3) is 2.90. The Kier molecular flexibility index (Phi) is 4.82. The van der Waals surface area contributed by atoms with E-state index in [0.29, 0.717) is 34.7 Å². The zero-order valence-electron chi connectivity index (χ0n) is 21.4. The lowest BCUT2D eigenvalue weighted by molar-refractivity contribution is -0.273. The van der Waals surface area contributed by atoms with Gasteiger partial charge in [-0.25, -0.2) is 0 Å². The van der Waals surface area contributed by atoms with E-state index in [0.717, 1.165) is 62.8 Å². The highest BCUT2D eigenvalue weighted by Crippen LogP contribution is 2.71. The van der Waals surface area contributed by atoms with Crippen molar-refractivity contribution in [2.24, 2.45) is 52.3 Å². The maximum absolute atomic E-state index is 6.95. The SMILES string of the molecule is C[C@@H]1CC[C@@]2(OC1)O[C@H]1C[C@H]3[C@@H]4CC[C@H]5CC6(CC[C@]5(C)[C@H]4CC[C@]3(C)[C@H]1[C@@H]2C)OCCO6. The molecule has 0 aromatic heterocycles. The van der Waals surface area contributed by atoms with Gasteiger partial charge in [0, 0.05) is 25.2 Å². The molecule has 33 heavy (non-hydrogen) atoms. The maximum atomic E-state index is 6.95. The average Bonchev–Trinajstić information content (AvgIpc) is 3.44. The summed E-state index contributed by atoms with van der Waals surface area (Å²) >= 11 is 0. The number of hydrogen-bond donors (Lipinski definition) is 0. The van der Waals surface area contributed by atoms with E-state index >= 15 is 0 Å². The summed E-state index contributed by atoms with van der Waals surface area (Å²) in [5, 5.41) is 0. The second-order valence-electron chi connectivity index (χ2n) is 14.0. The molecule has 2 spiro atoms. The van der Waals surface area contributed by atoms with E-state index in [1.807, 2.05) is 0 Å². The van der Waals surface area contributed by atoms with Gasteiger partial charge in [0.25, 0.3) is 0 Å². The third-order valence-corrected chi connectivity index (χ3v) is 12.7. The molecule has 4 nitrogen and oxygen atoms in total. The summed E-state index contributed by atoms with van der Waals surface area (Å²) in [5.74, 6) is 4.73. The quantitative estimate of drug-likeness (QED) is 0.435. The molecule has 0 aromatic rings. The lowest BCUT2D eigenvalue weighted by Crippen LogP contribution is -2.56. The van der Waals surface area contributed by atoms with Gasteiger partial charge in [-0.15, -0.1) is 0 Å². The molecule has 0 unspecified atom stereocenters. The fraction of sp³-hybridized carbons (Fsp3) is 1.00. The first-order valence-corrected chi connectivity index (χ1v) is 14.4. The monoisotopic (exact) mass is 458 g/mol. The fourth-order valence-electron chi connectivity index (χ4n) is 11.0. The largest absolute Gasteiger partial charge is 0.349 e. The van der Waals surface area contributed by atoms with Crippen molar-refractivity contribution >= 4 is 0 Å². The second-order valence-corrected chi connectivity index (χ2v) is 14.0. The highest BCUT2D eigenvalue weighted by molar-refractivity contribution is 5.15. The minimum atomic E-state index is -0.282. The van der Waals surface area contributed by atoms with Crippen LogP contribution in [0.1, 0.15) is 91.9 Å². The van der Waals surface area contributed by atoms with E-state index in [1.54, 1.807) is 0 Å². The Morgan fingerprint density at radius 3 is 2.33 bits per heavy atom. The highest BCUT2D eigenvalue weighted by atomic mass is 16.7. The van der Waals surface area contributed by atoms with Crippen LogP contribution in [0.2, 0.25) is 0 Å². The number of hydrogen-bond acceptors (Lipinski definition) is 4. The van der Waals surface area contributed by atoms with Gasteiger partial charge in [-0.1, -0.05) is 27.7 Å². The molecule has 3 aliphatic heterocycles. The van der Waals surface area contributed by atoms with Crippen LogP contribution in [0.15, 0.2) is 0 Å². The minimum absolute atomic E-state index is 0.236. The van der Waals surface area contributed by atoms with Crippen LogP contribution < -0.4 is 0 Å². The van der Waals surface area contributed by atoms with E-state index < -0.39 is 0 Å². The molecule has 0 amide bonds. The van der Waals surface area contributed by atoms with Crippen LogP contribution in [0.4, 0.5) is 0 Å². The van der Waals surface area contributed by atoms with Crippen LogP contribution in [-0.2, 0) is 18.9 Å². The summed E-state index contributed by atoms with van der Waals surface area (Å²) < 4.78 is 25.8. The summed E-state index contributed by atoms with van der Waals surface area (Å²) in [6.45, 7) is 12.6. The summed E-state index contributed by atoms with van der Waals surface area (Å²) in [4.78, 5) is 0. The lowest BCUT2D eigenvalue weighted by Gasteiger charge is -2.62. The molecule has 7 aliphatic rings. The highest BCUT2D eigenvalue weighted by Gasteiger charge is 2.69. The minimum Gasteiger partial charge on any atom is -0.349 e. The molecule has 0 N–H and O–H groups in total. The van der Waals surface area contributed by atoms with E-state index in [9.17, 15) is 0 Å². The van der Waals surface area contributed by atoms with Gasteiger partial charge >= 0.3 is 0 Å². The Morgan fingerprint density at radius 2 is 1.58 bits per heavy atom. The molecular weight excluding hydrogens is 412 g/mol. The molecule has 186 valence electrons. The molecule has 0 radical (unpaired) electrons. The number of rotatable bonds is 0. The molecule has 3 saturated heterocycles. The van der Waals surface area contributed by atoms with Gasteiger partial charge in [-0.05, 0) is 91.3 Å². The zero-order valence-corrected chi connectivity index (χ0v) is 21.4. The van der Waals surface area contributed by atoms with Crippen molar-refractivity contribution in [2.75, 3.05) is 19.8 Å². The molecule has 3 heterocycles. The van der Waals surface area contributed by atoms with Crippen molar-refractivity contribution in [3.05, 3.63) is 0 Å². The first kappa shape index (κ1) is 22.1. The van der Waals surface area contributed by atoms with Crippen LogP contribution in [-0.4, -0.2) is 37.5 Å². The van der Waals surface area contributed by atoms with Gasteiger partial charge < -0.3 is 18.9 Å². The Bertz CT molecular complexity index is 782. The maximum Gasteiger partial charge on any atom is 0.171 e. The van der Waals surface area contributed by atoms with Gasteiger partial charge in [0.1, 0.15) is 0 Å². The molecule has 4 aliphatic carbocycles. The van der Waals surface area contributed by atoms with Crippen LogP contribution in [0.25, 0.3) is 0 Å². The van der Waals surface area contributed by atoms with Crippen molar-refractivity contribution < 1.29 is 18.9 Å². The van der Waals surface area contributed by atoms with Crippen molar-refractivity contribution in [3.63, 3.8) is 0 Å². The average molecular weight is 459 g/mol. The Labute approximate surface area is 200 Å². The van der Waals surface area contributed by atoms with Crippen LogP contribution in [0.3, 0.4) is 0 Å². The number of fused-ring (bicyclic) bond motifs is 7. The van der Waals surface area contributed by atoms with E-state index in [1.165, 1.54) is 44.9 Å². The summed E-state index contributed by atoms with van der Waals surface area (Å²) in [5.41, 5.74) is 0.900. The Balaban J connectivity index is 1.13. The van der Waals surface area contributed by atoms with Gasteiger partial charge in [0.05, 0.1) is 25.9 Å². The normalized spacial score (nSPS) is 59.3. The first-order chi connectivity index (χ1) is 15.8. The van der Waals surface area contributed by atoms with Gasteiger partial charge in [0.15, 0.2) is 11.6 Å². The predicted molar refractivity (Wildman–Crippen MR) is 126 cm³/mol. The third-order valence-electron chi connectivity index (χ3n) is 12.7. The lowest BCUT2D eigenvalue weighted by atomic mass is 9.44. The summed E-state index contributed by atoms with van der Waals surface area (Å²) in [7, 11) is 0. The predicted octanol–water partition coefficient (Wildman–Crippen LogP) is 6.18. The molecule has 7 fully saturated rings. The van der Waals surface area contributed by atoms with E-state index in [-0.39, 0.29) is 11.6 Å². The summed E-state index contributed by atoms with van der Waals surface area (Å²) in [6.07, 6.45) is 13.2. The molecule has 4 saturated carbocycles. The molecule has 4 heteroatoms. The van der Waals surface area contributed by atoms with Gasteiger partial charge in [-0.3, -0.25) is 0 Å². The summed E-state index contributed by atoms with van der Waals surface area (Å²) in [6, 6.07) is 0. The molecule has 0 aromatic carbocycles. The standard InChI is InChI=1S/C29H46O4/c1-18-7-10-29(32-17-18)19(2)25-24(33-29)15-23-21-6-5-20-16-28(30-13-14-31-28)12-11-26(20,3)22(21)8-9-27(23,25)4/h18-25H,5-17H2,1-4H3/t18-,19+,20+,21-,22+,23+,24+,25+,26+,27+,29-/m1/s1. The van der Waals surface area contributed by atoms with Crippen LogP contribution in [0, 0.1) is 52.3 Å². The first-order valence-electron chi connectivity index (χ1n) is 14.4. The Hall–Kier alpha value is -0.160. The molecular formula is C29H46O4. The molecule has 7 rings (SSSR count). The molecule has 0 bridgehead atoms. The fourth-order valence-corrected chi connectivity index (χ4v) is 11.0. The molecule has 11 atom stereocenters.